The molecule has 2 aliphatic rings. The summed E-state index contributed by atoms with van der Waals surface area (Å²) in [6, 6.07) is 9.74. The summed E-state index contributed by atoms with van der Waals surface area (Å²) < 4.78 is 10.7. The second kappa shape index (κ2) is 7.58. The lowest BCUT2D eigenvalue weighted by Crippen LogP contribution is -2.47. The zero-order valence-corrected chi connectivity index (χ0v) is 14.5. The Bertz CT molecular complexity index is 799. The SMILES string of the molecule is O=C(C=Cc1ccc2c(c1)OCO2)N1CCN(Cc2ccncc2)CC1. The fraction of sp³-hybridized carbons (Fsp3) is 0.300. The molecule has 1 amide bonds. The summed E-state index contributed by atoms with van der Waals surface area (Å²) in [6.45, 7) is 4.41. The number of nitrogens with zero attached hydrogens (tertiary/aromatic N) is 3. The van der Waals surface area contributed by atoms with Crippen LogP contribution in [-0.2, 0) is 11.3 Å². The Labute approximate surface area is 152 Å². The summed E-state index contributed by atoms with van der Waals surface area (Å²) in [5.41, 5.74) is 2.18. The van der Waals surface area contributed by atoms with E-state index in [4.69, 9.17) is 9.47 Å². The van der Waals surface area contributed by atoms with Crippen LogP contribution in [0, 0.1) is 0 Å². The lowest BCUT2D eigenvalue weighted by atomic mass is 10.2. The summed E-state index contributed by atoms with van der Waals surface area (Å²) >= 11 is 0. The molecule has 1 saturated heterocycles. The number of carbonyl (C=O) groups excluding carboxylic acids is 1. The molecule has 26 heavy (non-hydrogen) atoms. The maximum atomic E-state index is 12.4. The third-order valence-corrected chi connectivity index (χ3v) is 4.65. The van der Waals surface area contributed by atoms with Crippen molar-refractivity contribution in [3.8, 4) is 11.5 Å². The number of hydrogen-bond donors (Lipinski definition) is 0. The number of hydrogen-bond acceptors (Lipinski definition) is 5. The molecular formula is C20H21N3O3. The van der Waals surface area contributed by atoms with Crippen molar-refractivity contribution in [1.82, 2.24) is 14.8 Å². The van der Waals surface area contributed by atoms with Gasteiger partial charge in [-0.25, -0.2) is 0 Å². The predicted octanol–water partition coefficient (Wildman–Crippen LogP) is 2.17. The van der Waals surface area contributed by atoms with E-state index in [1.54, 1.807) is 6.08 Å². The van der Waals surface area contributed by atoms with E-state index >= 15 is 0 Å². The fourth-order valence-corrected chi connectivity index (χ4v) is 3.16. The topological polar surface area (TPSA) is 54.9 Å². The van der Waals surface area contributed by atoms with Crippen LogP contribution in [-0.4, -0.2) is 53.7 Å². The molecule has 4 rings (SSSR count). The standard InChI is InChI=1S/C20H21N3O3/c24-20(4-2-16-1-3-18-19(13-16)26-15-25-18)23-11-9-22(10-12-23)14-17-5-7-21-8-6-17/h1-8,13H,9-12,14-15H2. The minimum Gasteiger partial charge on any atom is -0.454 e. The lowest BCUT2D eigenvalue weighted by molar-refractivity contribution is -0.127. The molecule has 1 fully saturated rings. The van der Waals surface area contributed by atoms with Crippen molar-refractivity contribution in [2.24, 2.45) is 0 Å². The molecule has 0 spiro atoms. The van der Waals surface area contributed by atoms with Gasteiger partial charge in [-0.1, -0.05) is 6.07 Å². The van der Waals surface area contributed by atoms with Gasteiger partial charge in [0.1, 0.15) is 0 Å². The van der Waals surface area contributed by atoms with Gasteiger partial charge in [-0.2, -0.15) is 0 Å². The Morgan fingerprint density at radius 1 is 1.04 bits per heavy atom. The van der Waals surface area contributed by atoms with Gasteiger partial charge in [0.05, 0.1) is 0 Å². The Morgan fingerprint density at radius 2 is 1.81 bits per heavy atom. The molecule has 0 unspecified atom stereocenters. The van der Waals surface area contributed by atoms with Crippen LogP contribution in [0.5, 0.6) is 11.5 Å². The second-order valence-corrected chi connectivity index (χ2v) is 6.40. The summed E-state index contributed by atoms with van der Waals surface area (Å²) in [5, 5.41) is 0. The number of carbonyl (C=O) groups is 1. The highest BCUT2D eigenvalue weighted by atomic mass is 16.7. The quantitative estimate of drug-likeness (QED) is 0.790. The van der Waals surface area contributed by atoms with E-state index in [1.807, 2.05) is 53.7 Å². The van der Waals surface area contributed by atoms with Crippen molar-refractivity contribution in [2.75, 3.05) is 33.0 Å². The van der Waals surface area contributed by atoms with E-state index in [0.717, 1.165) is 49.8 Å². The minimum atomic E-state index is 0.0474. The summed E-state index contributed by atoms with van der Waals surface area (Å²) in [6.07, 6.45) is 7.09. The first kappa shape index (κ1) is 16.6. The number of rotatable bonds is 4. The summed E-state index contributed by atoms with van der Waals surface area (Å²) in [5.74, 6) is 1.52. The average molecular weight is 351 g/mol. The number of piperazine rings is 1. The highest BCUT2D eigenvalue weighted by Crippen LogP contribution is 2.32. The van der Waals surface area contributed by atoms with Crippen LogP contribution in [0.1, 0.15) is 11.1 Å². The van der Waals surface area contributed by atoms with Crippen molar-refractivity contribution in [3.05, 3.63) is 59.9 Å². The number of ether oxygens (including phenoxy) is 2. The molecule has 0 bridgehead atoms. The first-order valence-electron chi connectivity index (χ1n) is 8.76. The van der Waals surface area contributed by atoms with Crippen LogP contribution in [0.25, 0.3) is 6.08 Å². The molecule has 1 aromatic heterocycles. The molecule has 3 heterocycles. The molecule has 6 nitrogen and oxygen atoms in total. The van der Waals surface area contributed by atoms with Crippen LogP contribution in [0.15, 0.2) is 48.8 Å². The molecule has 2 aromatic rings. The van der Waals surface area contributed by atoms with Crippen LogP contribution in [0.3, 0.4) is 0 Å². The highest BCUT2D eigenvalue weighted by Gasteiger charge is 2.19. The van der Waals surface area contributed by atoms with Crippen molar-refractivity contribution < 1.29 is 14.3 Å². The monoisotopic (exact) mass is 351 g/mol. The van der Waals surface area contributed by atoms with Crippen LogP contribution >= 0.6 is 0 Å². The largest absolute Gasteiger partial charge is 0.454 e. The number of benzene rings is 1. The second-order valence-electron chi connectivity index (χ2n) is 6.40. The molecule has 0 saturated carbocycles. The maximum absolute atomic E-state index is 12.4. The van der Waals surface area contributed by atoms with Gasteiger partial charge in [-0.05, 0) is 41.5 Å². The highest BCUT2D eigenvalue weighted by molar-refractivity contribution is 5.92. The zero-order valence-electron chi connectivity index (χ0n) is 14.5. The molecular weight excluding hydrogens is 330 g/mol. The third-order valence-electron chi connectivity index (χ3n) is 4.65. The van der Waals surface area contributed by atoms with E-state index in [9.17, 15) is 4.79 Å². The Kier molecular flexibility index (Phi) is 4.84. The molecule has 2 aliphatic heterocycles. The van der Waals surface area contributed by atoms with Gasteiger partial charge in [0.25, 0.3) is 0 Å². The minimum absolute atomic E-state index is 0.0474. The Hall–Kier alpha value is -2.86. The number of pyridine rings is 1. The summed E-state index contributed by atoms with van der Waals surface area (Å²) in [4.78, 5) is 20.7. The van der Waals surface area contributed by atoms with E-state index in [-0.39, 0.29) is 12.7 Å². The number of amides is 1. The average Bonchev–Trinajstić information content (AvgIpc) is 3.15. The van der Waals surface area contributed by atoms with Gasteiger partial charge in [0.15, 0.2) is 11.5 Å². The summed E-state index contributed by atoms with van der Waals surface area (Å²) in [7, 11) is 0. The van der Waals surface area contributed by atoms with E-state index in [2.05, 4.69) is 9.88 Å². The molecule has 0 atom stereocenters. The number of fused-ring (bicyclic) bond motifs is 1. The van der Waals surface area contributed by atoms with Gasteiger partial charge in [0, 0.05) is 51.2 Å². The van der Waals surface area contributed by atoms with Crippen molar-refractivity contribution >= 4 is 12.0 Å². The normalized spacial score (nSPS) is 17.0. The first-order valence-corrected chi connectivity index (χ1v) is 8.76. The third kappa shape index (κ3) is 3.86. The van der Waals surface area contributed by atoms with Gasteiger partial charge >= 0.3 is 0 Å². The van der Waals surface area contributed by atoms with Crippen molar-refractivity contribution in [1.29, 1.82) is 0 Å². The van der Waals surface area contributed by atoms with Crippen LogP contribution < -0.4 is 9.47 Å². The molecule has 1 aromatic carbocycles. The first-order chi connectivity index (χ1) is 12.8. The zero-order chi connectivity index (χ0) is 17.8. The lowest BCUT2D eigenvalue weighted by Gasteiger charge is -2.34. The molecule has 0 radical (unpaired) electrons. The molecule has 134 valence electrons. The molecule has 0 aliphatic carbocycles. The van der Waals surface area contributed by atoms with Crippen molar-refractivity contribution in [3.63, 3.8) is 0 Å². The van der Waals surface area contributed by atoms with Gasteiger partial charge < -0.3 is 14.4 Å². The molecule has 0 N–H and O–H groups in total. The maximum Gasteiger partial charge on any atom is 0.246 e. The van der Waals surface area contributed by atoms with Gasteiger partial charge in [0.2, 0.25) is 12.7 Å². The Morgan fingerprint density at radius 3 is 2.62 bits per heavy atom. The van der Waals surface area contributed by atoms with Crippen LogP contribution in [0.2, 0.25) is 0 Å². The van der Waals surface area contributed by atoms with Gasteiger partial charge in [-0.3, -0.25) is 14.7 Å². The predicted molar refractivity (Wildman–Crippen MR) is 97.7 cm³/mol. The van der Waals surface area contributed by atoms with Crippen LogP contribution in [0.4, 0.5) is 0 Å². The van der Waals surface area contributed by atoms with E-state index in [1.165, 1.54) is 5.56 Å². The Balaban J connectivity index is 1.29. The van der Waals surface area contributed by atoms with Gasteiger partial charge in [-0.15, -0.1) is 0 Å². The molecule has 6 heteroatoms. The fourth-order valence-electron chi connectivity index (χ4n) is 3.16. The van der Waals surface area contributed by atoms with E-state index < -0.39 is 0 Å². The van der Waals surface area contributed by atoms with Crippen molar-refractivity contribution in [2.45, 2.75) is 6.54 Å². The smallest absolute Gasteiger partial charge is 0.246 e. The number of aromatic nitrogens is 1. The van der Waals surface area contributed by atoms with E-state index in [0.29, 0.717) is 0 Å².